The number of rotatable bonds is 11. The van der Waals surface area contributed by atoms with E-state index >= 15 is 4.39 Å². The number of aromatic nitrogens is 1. The highest BCUT2D eigenvalue weighted by Crippen LogP contribution is 2.36. The Morgan fingerprint density at radius 2 is 2.00 bits per heavy atom. The van der Waals surface area contributed by atoms with Crippen LogP contribution in [0, 0.1) is 11.8 Å². The fraction of sp³-hybridized carbons (Fsp3) is 0.483. The van der Waals surface area contributed by atoms with E-state index in [0.29, 0.717) is 29.1 Å². The van der Waals surface area contributed by atoms with E-state index in [0.717, 1.165) is 55.2 Å². The summed E-state index contributed by atoms with van der Waals surface area (Å²) in [6.07, 6.45) is -1.01. The lowest BCUT2D eigenvalue weighted by Crippen LogP contribution is -2.42. The molecule has 0 unspecified atom stereocenters. The van der Waals surface area contributed by atoms with Crippen LogP contribution in [0.2, 0.25) is 0 Å². The third kappa shape index (κ3) is 7.39. The number of hydrogen-bond donors (Lipinski definition) is 1. The van der Waals surface area contributed by atoms with E-state index in [9.17, 15) is 18.3 Å². The summed E-state index contributed by atoms with van der Waals surface area (Å²) in [6.45, 7) is 2.52. The molecule has 2 heterocycles. The molecule has 1 aromatic heterocycles. The largest absolute Gasteiger partial charge is 0.497 e. The van der Waals surface area contributed by atoms with E-state index in [1.54, 1.807) is 25.4 Å². The Morgan fingerprint density at radius 1 is 1.16 bits per heavy atom. The number of nitrogens with zero attached hydrogens (tertiary/aromatic N) is 2. The van der Waals surface area contributed by atoms with Gasteiger partial charge in [-0.25, -0.2) is 4.39 Å². The highest BCUT2D eigenvalue weighted by atomic mass is 32.2. The normalized spacial score (nSPS) is 19.5. The summed E-state index contributed by atoms with van der Waals surface area (Å²) in [7, 11) is 1.58. The lowest BCUT2D eigenvalue weighted by atomic mass is 9.81. The van der Waals surface area contributed by atoms with Crippen LogP contribution in [-0.2, 0) is 6.18 Å². The van der Waals surface area contributed by atoms with Gasteiger partial charge in [-0.1, -0.05) is 6.07 Å². The zero-order valence-electron chi connectivity index (χ0n) is 21.5. The molecule has 38 heavy (non-hydrogen) atoms. The minimum atomic E-state index is -4.33. The number of aliphatic hydroxyl groups excluding tert-OH is 1. The van der Waals surface area contributed by atoms with Gasteiger partial charge in [0.2, 0.25) is 0 Å². The lowest BCUT2D eigenvalue weighted by molar-refractivity contribution is -0.137. The number of ether oxygens (including phenoxy) is 1. The Bertz CT molecular complexity index is 1190. The standard InChI is InChI=1S/C29H34F4N2O2S/c1-37-23-7-9-28-26(17-23)25(10-12-34-28)27(30)8-6-20-11-14-35(18-21(20)19-36)13-3-15-38-24-5-2-4-22(16-24)29(31,32)33/h2,4-5,7,9-10,12,16-17,20-21,27,36H,3,6,8,11,13-15,18-19H2,1H3/t20-,21-,27-/m1/s1. The molecule has 0 aliphatic carbocycles. The minimum Gasteiger partial charge on any atom is -0.497 e. The highest BCUT2D eigenvalue weighted by molar-refractivity contribution is 7.99. The molecule has 4 rings (SSSR count). The van der Waals surface area contributed by atoms with Gasteiger partial charge < -0.3 is 14.7 Å². The van der Waals surface area contributed by atoms with E-state index in [-0.39, 0.29) is 18.4 Å². The summed E-state index contributed by atoms with van der Waals surface area (Å²) in [4.78, 5) is 7.26. The van der Waals surface area contributed by atoms with Crippen LogP contribution in [0.1, 0.15) is 43.0 Å². The maximum atomic E-state index is 15.4. The molecule has 3 aromatic rings. The van der Waals surface area contributed by atoms with Crippen LogP contribution in [0.5, 0.6) is 5.75 Å². The van der Waals surface area contributed by atoms with Gasteiger partial charge in [-0.3, -0.25) is 4.98 Å². The summed E-state index contributed by atoms with van der Waals surface area (Å²) in [5.74, 6) is 1.72. The van der Waals surface area contributed by atoms with E-state index < -0.39 is 17.9 Å². The molecule has 1 N–H and O–H groups in total. The molecule has 0 amide bonds. The third-order valence-electron chi connectivity index (χ3n) is 7.37. The fourth-order valence-corrected chi connectivity index (χ4v) is 6.14. The number of hydrogen-bond acceptors (Lipinski definition) is 5. The van der Waals surface area contributed by atoms with Crippen LogP contribution in [-0.4, -0.2) is 54.1 Å². The number of piperidine rings is 1. The third-order valence-corrected chi connectivity index (χ3v) is 8.45. The fourth-order valence-electron chi connectivity index (χ4n) is 5.25. The number of pyridine rings is 1. The van der Waals surface area contributed by atoms with Crippen LogP contribution >= 0.6 is 11.8 Å². The number of likely N-dealkylation sites (tertiary alicyclic amines) is 1. The van der Waals surface area contributed by atoms with Gasteiger partial charge in [0.15, 0.2) is 0 Å². The molecule has 1 aliphatic heterocycles. The van der Waals surface area contributed by atoms with Crippen molar-refractivity contribution in [1.82, 2.24) is 9.88 Å². The van der Waals surface area contributed by atoms with E-state index in [4.69, 9.17) is 4.74 Å². The van der Waals surface area contributed by atoms with E-state index in [1.165, 1.54) is 23.9 Å². The van der Waals surface area contributed by atoms with Crippen molar-refractivity contribution in [1.29, 1.82) is 0 Å². The van der Waals surface area contributed by atoms with Crippen molar-refractivity contribution in [3.05, 3.63) is 65.9 Å². The van der Waals surface area contributed by atoms with Crippen molar-refractivity contribution in [3.8, 4) is 5.75 Å². The topological polar surface area (TPSA) is 45.6 Å². The predicted octanol–water partition coefficient (Wildman–Crippen LogP) is 7.17. The second kappa shape index (κ2) is 13.1. The Balaban J connectivity index is 1.24. The first-order valence-corrected chi connectivity index (χ1v) is 14.0. The molecule has 206 valence electrons. The molecule has 0 radical (unpaired) electrons. The molecule has 2 aromatic carbocycles. The number of alkyl halides is 4. The van der Waals surface area contributed by atoms with Crippen molar-refractivity contribution in [2.45, 2.75) is 42.9 Å². The molecule has 0 spiro atoms. The van der Waals surface area contributed by atoms with Gasteiger partial charge in [0.1, 0.15) is 11.9 Å². The maximum absolute atomic E-state index is 15.4. The maximum Gasteiger partial charge on any atom is 0.416 e. The summed E-state index contributed by atoms with van der Waals surface area (Å²) < 4.78 is 59.4. The number of methoxy groups -OCH3 is 1. The van der Waals surface area contributed by atoms with Gasteiger partial charge in [0.05, 0.1) is 18.2 Å². The zero-order chi connectivity index (χ0) is 27.1. The average molecular weight is 551 g/mol. The van der Waals surface area contributed by atoms with Crippen LogP contribution in [0.3, 0.4) is 0 Å². The number of fused-ring (bicyclic) bond motifs is 1. The molecule has 1 saturated heterocycles. The average Bonchev–Trinajstić information content (AvgIpc) is 2.93. The first-order chi connectivity index (χ1) is 18.3. The van der Waals surface area contributed by atoms with Crippen molar-refractivity contribution < 1.29 is 27.4 Å². The van der Waals surface area contributed by atoms with Gasteiger partial charge in [-0.2, -0.15) is 13.2 Å². The Labute approximate surface area is 225 Å². The lowest BCUT2D eigenvalue weighted by Gasteiger charge is -2.38. The van der Waals surface area contributed by atoms with Gasteiger partial charge in [-0.05, 0) is 104 Å². The Kier molecular flexibility index (Phi) is 9.90. The molecule has 9 heteroatoms. The minimum absolute atomic E-state index is 0.0620. The number of aliphatic hydroxyl groups is 1. The SMILES string of the molecule is COc1ccc2nccc([C@H](F)CC[C@@H]3CCN(CCCSc4cccc(C(F)(F)F)c4)C[C@@H]3CO)c2c1. The van der Waals surface area contributed by atoms with Crippen molar-refractivity contribution >= 4 is 22.7 Å². The van der Waals surface area contributed by atoms with Gasteiger partial charge in [-0.15, -0.1) is 11.8 Å². The van der Waals surface area contributed by atoms with Crippen LogP contribution in [0.4, 0.5) is 17.6 Å². The number of benzene rings is 2. The van der Waals surface area contributed by atoms with Crippen molar-refractivity contribution in [2.24, 2.45) is 11.8 Å². The van der Waals surface area contributed by atoms with Crippen LogP contribution in [0.25, 0.3) is 10.9 Å². The van der Waals surface area contributed by atoms with Crippen LogP contribution in [0.15, 0.2) is 59.6 Å². The van der Waals surface area contributed by atoms with E-state index in [1.807, 2.05) is 18.2 Å². The first-order valence-electron chi connectivity index (χ1n) is 13.0. The zero-order valence-corrected chi connectivity index (χ0v) is 22.3. The van der Waals surface area contributed by atoms with Gasteiger partial charge in [0, 0.05) is 29.6 Å². The van der Waals surface area contributed by atoms with Crippen molar-refractivity contribution in [3.63, 3.8) is 0 Å². The van der Waals surface area contributed by atoms with Gasteiger partial charge >= 0.3 is 6.18 Å². The predicted molar refractivity (Wildman–Crippen MR) is 143 cm³/mol. The first kappa shape index (κ1) is 28.6. The summed E-state index contributed by atoms with van der Waals surface area (Å²) in [6, 6.07) is 12.6. The summed E-state index contributed by atoms with van der Waals surface area (Å²) in [5.41, 5.74) is 0.728. The number of thioether (sulfide) groups is 1. The van der Waals surface area contributed by atoms with Crippen LogP contribution < -0.4 is 4.74 Å². The quantitative estimate of drug-likeness (QED) is 0.156. The monoisotopic (exact) mass is 550 g/mol. The number of halogens is 4. The van der Waals surface area contributed by atoms with Gasteiger partial charge in [0.25, 0.3) is 0 Å². The molecule has 1 fully saturated rings. The highest BCUT2D eigenvalue weighted by Gasteiger charge is 2.31. The molecule has 4 nitrogen and oxygen atoms in total. The smallest absolute Gasteiger partial charge is 0.416 e. The molecule has 0 bridgehead atoms. The molecule has 0 saturated carbocycles. The Morgan fingerprint density at radius 3 is 2.76 bits per heavy atom. The molecule has 1 aliphatic rings. The second-order valence-electron chi connectivity index (χ2n) is 9.85. The summed E-state index contributed by atoms with van der Waals surface area (Å²) in [5, 5.41) is 10.8. The second-order valence-corrected chi connectivity index (χ2v) is 11.0. The molecule has 3 atom stereocenters. The van der Waals surface area contributed by atoms with E-state index in [2.05, 4.69) is 9.88 Å². The Hall–Kier alpha value is -2.36. The molecular weight excluding hydrogens is 516 g/mol. The van der Waals surface area contributed by atoms with Crippen molar-refractivity contribution in [2.75, 3.05) is 39.1 Å². The summed E-state index contributed by atoms with van der Waals surface area (Å²) >= 11 is 1.43. The molecular formula is C29H34F4N2O2S.